The highest BCUT2D eigenvalue weighted by atomic mass is 79.9. The van der Waals surface area contributed by atoms with Crippen molar-refractivity contribution in [3.8, 4) is 0 Å². The van der Waals surface area contributed by atoms with Crippen molar-refractivity contribution in [2.75, 3.05) is 5.32 Å². The van der Waals surface area contributed by atoms with Crippen molar-refractivity contribution < 1.29 is 9.72 Å². The van der Waals surface area contributed by atoms with Gasteiger partial charge in [-0.1, -0.05) is 0 Å². The number of nitro groups is 1. The van der Waals surface area contributed by atoms with Gasteiger partial charge in [0.15, 0.2) is 0 Å². The van der Waals surface area contributed by atoms with E-state index in [1.807, 2.05) is 0 Å². The lowest BCUT2D eigenvalue weighted by Gasteiger charge is -2.05. The molecule has 15 heavy (non-hydrogen) atoms. The minimum Gasteiger partial charge on any atom is -0.351 e. The molecule has 1 aromatic rings. The van der Waals surface area contributed by atoms with E-state index in [1.54, 1.807) is 13.0 Å². The molecule has 1 aromatic carbocycles. The first-order valence-electron chi connectivity index (χ1n) is 3.93. The van der Waals surface area contributed by atoms with Crippen molar-refractivity contribution in [3.63, 3.8) is 0 Å². The second kappa shape index (κ2) is 4.26. The van der Waals surface area contributed by atoms with Crippen molar-refractivity contribution in [2.24, 2.45) is 5.73 Å². The SMILES string of the molecule is Cc1cc(NC(N)=O)cc([N+](=O)[O-])c1Br. The molecule has 0 aliphatic rings. The first-order valence-corrected chi connectivity index (χ1v) is 4.72. The van der Waals surface area contributed by atoms with Gasteiger partial charge in [0, 0.05) is 11.8 Å². The van der Waals surface area contributed by atoms with E-state index in [1.165, 1.54) is 6.07 Å². The molecule has 80 valence electrons. The Morgan fingerprint density at radius 1 is 1.60 bits per heavy atom. The third-order valence-electron chi connectivity index (χ3n) is 1.70. The molecule has 2 amide bonds. The molecule has 0 saturated heterocycles. The zero-order valence-corrected chi connectivity index (χ0v) is 9.37. The number of carbonyl (C=O) groups is 1. The van der Waals surface area contributed by atoms with E-state index >= 15 is 0 Å². The summed E-state index contributed by atoms with van der Waals surface area (Å²) < 4.78 is 0.391. The van der Waals surface area contributed by atoms with Gasteiger partial charge in [-0.05, 0) is 34.5 Å². The Morgan fingerprint density at radius 3 is 2.67 bits per heavy atom. The molecule has 0 fully saturated rings. The number of nitrogens with two attached hydrogens (primary N) is 1. The summed E-state index contributed by atoms with van der Waals surface area (Å²) in [6, 6.07) is 2.06. The zero-order chi connectivity index (χ0) is 11.6. The molecular formula is C8H8BrN3O3. The summed E-state index contributed by atoms with van der Waals surface area (Å²) in [6.07, 6.45) is 0. The maximum Gasteiger partial charge on any atom is 0.316 e. The molecule has 0 spiro atoms. The molecule has 0 unspecified atom stereocenters. The molecule has 0 bridgehead atoms. The predicted octanol–water partition coefficient (Wildman–Crippen LogP) is 2.16. The topological polar surface area (TPSA) is 98.3 Å². The Hall–Kier alpha value is -1.63. The highest BCUT2D eigenvalue weighted by Gasteiger charge is 2.15. The Morgan fingerprint density at radius 2 is 2.20 bits per heavy atom. The number of halogens is 1. The van der Waals surface area contributed by atoms with Gasteiger partial charge in [-0.3, -0.25) is 10.1 Å². The van der Waals surface area contributed by atoms with Crippen LogP contribution in [-0.2, 0) is 0 Å². The van der Waals surface area contributed by atoms with E-state index in [0.717, 1.165) is 0 Å². The van der Waals surface area contributed by atoms with Crippen molar-refractivity contribution in [1.29, 1.82) is 0 Å². The zero-order valence-electron chi connectivity index (χ0n) is 7.78. The van der Waals surface area contributed by atoms with Crippen LogP contribution in [0.5, 0.6) is 0 Å². The smallest absolute Gasteiger partial charge is 0.316 e. The predicted molar refractivity (Wildman–Crippen MR) is 58.7 cm³/mol. The van der Waals surface area contributed by atoms with Crippen LogP contribution in [0.15, 0.2) is 16.6 Å². The van der Waals surface area contributed by atoms with Crippen LogP contribution in [0.3, 0.4) is 0 Å². The lowest BCUT2D eigenvalue weighted by atomic mass is 10.2. The largest absolute Gasteiger partial charge is 0.351 e. The molecule has 0 radical (unpaired) electrons. The van der Waals surface area contributed by atoms with E-state index in [9.17, 15) is 14.9 Å². The molecule has 7 heteroatoms. The fourth-order valence-electron chi connectivity index (χ4n) is 1.10. The number of urea groups is 1. The Labute approximate surface area is 93.7 Å². The molecule has 0 aliphatic heterocycles. The van der Waals surface area contributed by atoms with Gasteiger partial charge >= 0.3 is 6.03 Å². The molecular weight excluding hydrogens is 266 g/mol. The number of nitro benzene ring substituents is 1. The summed E-state index contributed by atoms with van der Waals surface area (Å²) in [5, 5.41) is 12.9. The number of amides is 2. The Balaban J connectivity index is 3.23. The number of anilines is 1. The first kappa shape index (κ1) is 11.4. The van der Waals surface area contributed by atoms with Crippen LogP contribution in [0.2, 0.25) is 0 Å². The van der Waals surface area contributed by atoms with Crippen LogP contribution in [0.1, 0.15) is 5.56 Å². The molecule has 0 atom stereocenters. The number of carbonyl (C=O) groups excluding carboxylic acids is 1. The van der Waals surface area contributed by atoms with Gasteiger partial charge < -0.3 is 11.1 Å². The maximum atomic E-state index is 10.6. The highest BCUT2D eigenvalue weighted by Crippen LogP contribution is 2.31. The molecule has 0 aromatic heterocycles. The maximum absolute atomic E-state index is 10.6. The summed E-state index contributed by atoms with van der Waals surface area (Å²) in [6.45, 7) is 1.68. The van der Waals surface area contributed by atoms with Gasteiger partial charge in [-0.2, -0.15) is 0 Å². The lowest BCUT2D eigenvalue weighted by molar-refractivity contribution is -0.385. The number of nitrogens with zero attached hydrogens (tertiary/aromatic N) is 1. The normalized spacial score (nSPS) is 9.73. The quantitative estimate of drug-likeness (QED) is 0.638. The molecule has 0 saturated carbocycles. The van der Waals surface area contributed by atoms with Gasteiger partial charge in [0.05, 0.1) is 9.40 Å². The second-order valence-electron chi connectivity index (χ2n) is 2.87. The third kappa shape index (κ3) is 2.66. The second-order valence-corrected chi connectivity index (χ2v) is 3.67. The monoisotopic (exact) mass is 273 g/mol. The van der Waals surface area contributed by atoms with Crippen molar-refractivity contribution in [2.45, 2.75) is 6.92 Å². The minimum absolute atomic E-state index is 0.112. The van der Waals surface area contributed by atoms with Crippen LogP contribution in [0.25, 0.3) is 0 Å². The summed E-state index contributed by atoms with van der Waals surface area (Å²) in [5.74, 6) is 0. The fraction of sp³-hybridized carbons (Fsp3) is 0.125. The van der Waals surface area contributed by atoms with Crippen LogP contribution < -0.4 is 11.1 Å². The molecule has 1 rings (SSSR count). The van der Waals surface area contributed by atoms with Crippen molar-refractivity contribution in [1.82, 2.24) is 0 Å². The minimum atomic E-state index is -0.758. The molecule has 6 nitrogen and oxygen atoms in total. The van der Waals surface area contributed by atoms with Crippen LogP contribution in [0.4, 0.5) is 16.2 Å². The van der Waals surface area contributed by atoms with Gasteiger partial charge in [-0.25, -0.2) is 4.79 Å². The molecule has 0 aliphatic carbocycles. The Bertz CT molecular complexity index is 433. The van der Waals surface area contributed by atoms with Crippen LogP contribution >= 0.6 is 15.9 Å². The van der Waals surface area contributed by atoms with E-state index in [2.05, 4.69) is 21.2 Å². The van der Waals surface area contributed by atoms with Gasteiger partial charge in [-0.15, -0.1) is 0 Å². The third-order valence-corrected chi connectivity index (χ3v) is 2.73. The first-order chi connectivity index (χ1) is 6.91. The number of hydrogen-bond acceptors (Lipinski definition) is 3. The number of benzene rings is 1. The fourth-order valence-corrected chi connectivity index (χ4v) is 1.47. The number of aryl methyl sites for hydroxylation is 1. The Kier molecular flexibility index (Phi) is 3.25. The van der Waals surface area contributed by atoms with E-state index in [0.29, 0.717) is 15.7 Å². The summed E-state index contributed by atoms with van der Waals surface area (Å²) in [5.41, 5.74) is 5.74. The standard InChI is InChI=1S/C8H8BrN3O3/c1-4-2-5(11-8(10)13)3-6(7(4)9)12(14)15/h2-3H,1H3,(H3,10,11,13). The van der Waals surface area contributed by atoms with E-state index in [4.69, 9.17) is 5.73 Å². The highest BCUT2D eigenvalue weighted by molar-refractivity contribution is 9.10. The summed E-state index contributed by atoms with van der Waals surface area (Å²) >= 11 is 3.10. The van der Waals surface area contributed by atoms with Gasteiger partial charge in [0.25, 0.3) is 5.69 Å². The summed E-state index contributed by atoms with van der Waals surface area (Å²) in [4.78, 5) is 20.7. The van der Waals surface area contributed by atoms with Gasteiger partial charge in [0.1, 0.15) is 0 Å². The molecule has 3 N–H and O–H groups in total. The van der Waals surface area contributed by atoms with Crippen molar-refractivity contribution >= 4 is 33.3 Å². The number of rotatable bonds is 2. The van der Waals surface area contributed by atoms with Crippen molar-refractivity contribution in [3.05, 3.63) is 32.3 Å². The van der Waals surface area contributed by atoms with E-state index < -0.39 is 11.0 Å². The van der Waals surface area contributed by atoms with E-state index in [-0.39, 0.29) is 5.69 Å². The average molecular weight is 274 g/mol. The lowest BCUT2D eigenvalue weighted by Crippen LogP contribution is -2.19. The number of nitrogens with one attached hydrogen (secondary N) is 1. The van der Waals surface area contributed by atoms with Crippen LogP contribution in [-0.4, -0.2) is 11.0 Å². The van der Waals surface area contributed by atoms with Crippen LogP contribution in [0, 0.1) is 17.0 Å². The average Bonchev–Trinajstić information content (AvgIpc) is 2.09. The number of primary amides is 1. The molecule has 0 heterocycles. The number of hydrogen-bond donors (Lipinski definition) is 2. The summed E-state index contributed by atoms with van der Waals surface area (Å²) in [7, 11) is 0. The van der Waals surface area contributed by atoms with Gasteiger partial charge in [0.2, 0.25) is 0 Å².